The first-order valence-electron chi connectivity index (χ1n) is 1.10. The van der Waals surface area contributed by atoms with E-state index in [1.807, 2.05) is 0 Å². The fourth-order valence-corrected chi connectivity index (χ4v) is 0.370. The summed E-state index contributed by atoms with van der Waals surface area (Å²) in [7, 11) is -4.43. The van der Waals surface area contributed by atoms with Crippen LogP contribution in [0.2, 0.25) is 0 Å². The quantitative estimate of drug-likeness (QED) is 0.536. The lowest BCUT2D eigenvalue weighted by atomic mass is 15.8. The van der Waals surface area contributed by atoms with Gasteiger partial charge in [0.15, 0.2) is 8.69 Å². The van der Waals surface area contributed by atoms with Gasteiger partial charge in [0, 0.05) is 0 Å². The third kappa shape index (κ3) is 4.38. The van der Waals surface area contributed by atoms with Crippen molar-refractivity contribution in [1.82, 2.24) is 0 Å². The van der Waals surface area contributed by atoms with Crippen molar-refractivity contribution in [3.63, 3.8) is 0 Å². The second-order valence-electron chi connectivity index (χ2n) is 0.480. The minimum Gasteiger partial charge on any atom is -0.326 e. The number of rotatable bonds is 2. The average Bonchev–Trinajstić information content (AvgIpc) is 1.35. The van der Waals surface area contributed by atoms with Crippen LogP contribution in [0.25, 0.3) is 0 Å². The Bertz CT molecular complexity index is 65.9. The van der Waals surface area contributed by atoms with E-state index in [1.54, 1.807) is 0 Å². The van der Waals surface area contributed by atoms with Crippen LogP contribution in [0.1, 0.15) is 0 Å². The molecule has 0 aliphatic carbocycles. The maximum absolute atomic E-state index is 9.38. The first-order valence-corrected chi connectivity index (χ1v) is 3.31. The highest BCUT2D eigenvalue weighted by Gasteiger charge is 1.80. The van der Waals surface area contributed by atoms with Crippen LogP contribution in [-0.2, 0) is 13.4 Å². The van der Waals surface area contributed by atoms with Crippen LogP contribution in [0.4, 0.5) is 0 Å². The highest BCUT2D eigenvalue weighted by Crippen LogP contribution is 2.20. The van der Waals surface area contributed by atoms with Crippen LogP contribution >= 0.6 is 16.9 Å². The van der Waals surface area contributed by atoms with Crippen LogP contribution < -0.4 is 0 Å². The highest BCUT2D eigenvalue weighted by molar-refractivity contribution is 7.41. The lowest BCUT2D eigenvalue weighted by molar-refractivity contribution is 0.418. The molecule has 0 saturated carbocycles. The summed E-state index contributed by atoms with van der Waals surface area (Å²) in [6, 6.07) is 0. The Labute approximate surface area is 36.4 Å². The molecule has 0 aromatic rings. The summed E-state index contributed by atoms with van der Waals surface area (Å²) in [5, 5.41) is 0. The topological polar surface area (TPSA) is 63.6 Å². The van der Waals surface area contributed by atoms with Gasteiger partial charge in [0.1, 0.15) is 0 Å². The first kappa shape index (κ1) is 6.38. The predicted octanol–water partition coefficient (Wildman–Crippen LogP) is 0.0563. The highest BCUT2D eigenvalue weighted by atomic mass is 31.2. The van der Waals surface area contributed by atoms with E-state index in [-0.39, 0.29) is 0 Å². The van der Waals surface area contributed by atoms with Crippen LogP contribution in [0.15, 0.2) is 0 Å². The minimum atomic E-state index is -2.91. The van der Waals surface area contributed by atoms with E-state index in [0.29, 0.717) is 0 Å². The van der Waals surface area contributed by atoms with E-state index >= 15 is 0 Å². The molecule has 0 bridgehead atoms. The molecule has 0 heterocycles. The molecule has 0 aromatic carbocycles. The standard InChI is InChI=1S/H4O4P2/c1-5-4-6(2)3/h6H,5H2,(H,2,3). The fraction of sp³-hybridized carbons (Fsp3) is 0. The fourth-order valence-electron chi connectivity index (χ4n) is 0.0412. The van der Waals surface area contributed by atoms with Gasteiger partial charge < -0.3 is 4.89 Å². The van der Waals surface area contributed by atoms with E-state index in [1.165, 1.54) is 0 Å². The Balaban J connectivity index is 3.05. The Morgan fingerprint density at radius 2 is 2.33 bits per heavy atom. The molecule has 2 atom stereocenters. The smallest absolute Gasteiger partial charge is 0.321 e. The van der Waals surface area contributed by atoms with Crippen molar-refractivity contribution < 1.29 is 18.3 Å². The zero-order valence-corrected chi connectivity index (χ0v) is 4.90. The normalized spacial score (nSPS) is 16.2. The first-order chi connectivity index (χ1) is 2.77. The van der Waals surface area contributed by atoms with E-state index in [0.717, 1.165) is 0 Å². The van der Waals surface area contributed by atoms with Crippen molar-refractivity contribution in [2.24, 2.45) is 0 Å². The summed E-state index contributed by atoms with van der Waals surface area (Å²) >= 11 is 0. The third-order valence-corrected chi connectivity index (χ3v) is 1.34. The molecule has 0 fully saturated rings. The molecule has 0 saturated heterocycles. The lowest BCUT2D eigenvalue weighted by Gasteiger charge is -1.78. The predicted molar refractivity (Wildman–Crippen MR) is 22.7 cm³/mol. The largest absolute Gasteiger partial charge is 0.326 e. The van der Waals surface area contributed by atoms with Gasteiger partial charge in [-0.25, -0.2) is 0 Å². The molecule has 0 rings (SSSR count). The molecule has 1 N–H and O–H groups in total. The second-order valence-corrected chi connectivity index (χ2v) is 2.15. The maximum atomic E-state index is 9.38. The van der Waals surface area contributed by atoms with Crippen LogP contribution in [0.5, 0.6) is 0 Å². The summed E-state index contributed by atoms with van der Waals surface area (Å²) < 4.78 is 22.3. The Hall–Kier alpha value is 0.380. The van der Waals surface area contributed by atoms with Crippen molar-refractivity contribution in [3.8, 4) is 0 Å². The second kappa shape index (κ2) is 3.57. The molecule has 0 radical (unpaired) electrons. The summed E-state index contributed by atoms with van der Waals surface area (Å²) in [6.07, 6.45) is 0. The molecule has 6 heavy (non-hydrogen) atoms. The maximum Gasteiger partial charge on any atom is 0.321 e. The van der Waals surface area contributed by atoms with Gasteiger partial charge in [-0.1, -0.05) is 0 Å². The van der Waals surface area contributed by atoms with E-state index < -0.39 is 16.9 Å². The molecule has 0 aliphatic rings. The van der Waals surface area contributed by atoms with E-state index in [9.17, 15) is 9.13 Å². The van der Waals surface area contributed by atoms with Gasteiger partial charge in [0.05, 0.1) is 0 Å². The van der Waals surface area contributed by atoms with Gasteiger partial charge in [-0.2, -0.15) is 0 Å². The van der Waals surface area contributed by atoms with Gasteiger partial charge in [0.2, 0.25) is 0 Å². The molecule has 0 spiro atoms. The van der Waals surface area contributed by atoms with Crippen molar-refractivity contribution in [3.05, 3.63) is 0 Å². The van der Waals surface area contributed by atoms with Crippen LogP contribution in [0, 0.1) is 0 Å². The third-order valence-electron chi connectivity index (χ3n) is 0.149. The molecular formula is H4O4P2. The van der Waals surface area contributed by atoms with Crippen molar-refractivity contribution in [2.45, 2.75) is 0 Å². The summed E-state index contributed by atoms with van der Waals surface area (Å²) in [6.45, 7) is 0. The SMILES string of the molecule is O=[PH2]O[PH](=O)O. The zero-order chi connectivity index (χ0) is 4.99. The zero-order valence-electron chi connectivity index (χ0n) is 2.75. The van der Waals surface area contributed by atoms with Gasteiger partial charge in [-0.05, 0) is 0 Å². The monoisotopic (exact) mass is 130 g/mol. The summed E-state index contributed by atoms with van der Waals surface area (Å²) in [5.74, 6) is 0. The summed E-state index contributed by atoms with van der Waals surface area (Å²) in [4.78, 5) is 7.70. The van der Waals surface area contributed by atoms with Crippen LogP contribution in [0.3, 0.4) is 0 Å². The summed E-state index contributed by atoms with van der Waals surface area (Å²) in [5.41, 5.74) is 0. The number of hydrogen-bond donors (Lipinski definition) is 1. The lowest BCUT2D eigenvalue weighted by Crippen LogP contribution is -1.47. The Morgan fingerprint density at radius 1 is 1.83 bits per heavy atom. The average molecular weight is 130 g/mol. The van der Waals surface area contributed by atoms with Crippen molar-refractivity contribution in [1.29, 1.82) is 0 Å². The molecule has 0 amide bonds. The van der Waals surface area contributed by atoms with Gasteiger partial charge in [-0.3, -0.25) is 13.4 Å². The molecule has 2 unspecified atom stereocenters. The molecule has 6 heteroatoms. The van der Waals surface area contributed by atoms with Gasteiger partial charge in [-0.15, -0.1) is 0 Å². The minimum absolute atomic E-state index is 1.51. The van der Waals surface area contributed by atoms with Gasteiger partial charge >= 0.3 is 8.25 Å². The van der Waals surface area contributed by atoms with Crippen LogP contribution in [-0.4, -0.2) is 4.89 Å². The molecule has 0 aromatic heterocycles. The van der Waals surface area contributed by atoms with E-state index in [4.69, 9.17) is 4.89 Å². The van der Waals surface area contributed by atoms with E-state index in [2.05, 4.69) is 4.31 Å². The molecule has 4 nitrogen and oxygen atoms in total. The van der Waals surface area contributed by atoms with Crippen molar-refractivity contribution in [2.75, 3.05) is 0 Å². The van der Waals surface area contributed by atoms with Crippen molar-refractivity contribution >= 4 is 16.9 Å². The number of hydrogen-bond acceptors (Lipinski definition) is 3. The Morgan fingerprint density at radius 3 is 2.33 bits per heavy atom. The molecular weight excluding hydrogens is 126 g/mol. The Kier molecular flexibility index (Phi) is 3.79. The molecule has 38 valence electrons. The van der Waals surface area contributed by atoms with Gasteiger partial charge in [0.25, 0.3) is 0 Å². The molecule has 0 aliphatic heterocycles.